The minimum atomic E-state index is -3.11. The van der Waals surface area contributed by atoms with E-state index in [0.29, 0.717) is 13.0 Å². The maximum atomic E-state index is 11.8. The second-order valence-electron chi connectivity index (χ2n) is 3.78. The minimum Gasteiger partial charge on any atom is -0.265 e. The van der Waals surface area contributed by atoms with Crippen LogP contribution in [0.3, 0.4) is 0 Å². The van der Waals surface area contributed by atoms with Crippen LogP contribution in [0.2, 0.25) is 0 Å². The van der Waals surface area contributed by atoms with Crippen molar-refractivity contribution in [2.24, 2.45) is 0 Å². The SMILES string of the molecule is CCCCS(=O)(=O)N(C)Cc1ccncc1. The van der Waals surface area contributed by atoms with Gasteiger partial charge in [0.2, 0.25) is 10.0 Å². The van der Waals surface area contributed by atoms with Gasteiger partial charge in [0, 0.05) is 26.0 Å². The lowest BCUT2D eigenvalue weighted by Crippen LogP contribution is -2.28. The van der Waals surface area contributed by atoms with E-state index in [1.54, 1.807) is 19.4 Å². The van der Waals surface area contributed by atoms with Crippen molar-refractivity contribution in [1.82, 2.24) is 9.29 Å². The normalized spacial score (nSPS) is 11.9. The van der Waals surface area contributed by atoms with Gasteiger partial charge in [0.05, 0.1) is 5.75 Å². The molecular weight excluding hydrogens is 224 g/mol. The molecule has 1 aromatic heterocycles. The zero-order valence-corrected chi connectivity index (χ0v) is 10.6. The molecule has 0 unspecified atom stereocenters. The Labute approximate surface area is 97.4 Å². The van der Waals surface area contributed by atoms with Gasteiger partial charge in [-0.3, -0.25) is 4.98 Å². The fourth-order valence-electron chi connectivity index (χ4n) is 1.33. The molecule has 0 spiro atoms. The first-order valence-electron chi connectivity index (χ1n) is 5.39. The van der Waals surface area contributed by atoms with Crippen LogP contribution in [0.4, 0.5) is 0 Å². The Morgan fingerprint density at radius 3 is 2.50 bits per heavy atom. The Morgan fingerprint density at radius 2 is 1.94 bits per heavy atom. The zero-order valence-electron chi connectivity index (χ0n) is 9.76. The van der Waals surface area contributed by atoms with Gasteiger partial charge < -0.3 is 0 Å². The third kappa shape index (κ3) is 3.90. The number of aromatic nitrogens is 1. The molecule has 0 bridgehead atoms. The fourth-order valence-corrected chi connectivity index (χ4v) is 2.64. The van der Waals surface area contributed by atoms with Gasteiger partial charge in [0.25, 0.3) is 0 Å². The Bertz CT molecular complexity index is 403. The van der Waals surface area contributed by atoms with Crippen LogP contribution in [0.5, 0.6) is 0 Å². The predicted octanol–water partition coefficient (Wildman–Crippen LogP) is 1.64. The van der Waals surface area contributed by atoms with Crippen LogP contribution in [0.15, 0.2) is 24.5 Å². The van der Waals surface area contributed by atoms with Crippen molar-refractivity contribution in [2.75, 3.05) is 12.8 Å². The molecule has 0 saturated heterocycles. The highest BCUT2D eigenvalue weighted by molar-refractivity contribution is 7.89. The summed E-state index contributed by atoms with van der Waals surface area (Å²) in [4.78, 5) is 3.90. The molecule has 0 amide bonds. The van der Waals surface area contributed by atoms with Gasteiger partial charge >= 0.3 is 0 Å². The van der Waals surface area contributed by atoms with Gasteiger partial charge in [-0.2, -0.15) is 0 Å². The third-order valence-corrected chi connectivity index (χ3v) is 4.27. The van der Waals surface area contributed by atoms with E-state index in [4.69, 9.17) is 0 Å². The van der Waals surface area contributed by atoms with Crippen LogP contribution in [-0.4, -0.2) is 30.5 Å². The van der Waals surface area contributed by atoms with Crippen molar-refractivity contribution >= 4 is 10.0 Å². The molecule has 0 aliphatic carbocycles. The van der Waals surface area contributed by atoms with Crippen molar-refractivity contribution < 1.29 is 8.42 Å². The zero-order chi connectivity index (χ0) is 12.0. The average Bonchev–Trinajstić information content (AvgIpc) is 2.28. The van der Waals surface area contributed by atoms with Gasteiger partial charge in [-0.25, -0.2) is 12.7 Å². The van der Waals surface area contributed by atoms with Crippen LogP contribution >= 0.6 is 0 Å². The van der Waals surface area contributed by atoms with Gasteiger partial charge in [0.1, 0.15) is 0 Å². The standard InChI is InChI=1S/C11H18N2O2S/c1-3-4-9-16(14,15)13(2)10-11-5-7-12-8-6-11/h5-8H,3-4,9-10H2,1-2H3. The largest absolute Gasteiger partial charge is 0.265 e. The fraction of sp³-hybridized carbons (Fsp3) is 0.545. The van der Waals surface area contributed by atoms with E-state index in [1.807, 2.05) is 19.1 Å². The van der Waals surface area contributed by atoms with E-state index in [0.717, 1.165) is 12.0 Å². The van der Waals surface area contributed by atoms with Gasteiger partial charge in [0.15, 0.2) is 0 Å². The summed E-state index contributed by atoms with van der Waals surface area (Å²) >= 11 is 0. The molecule has 16 heavy (non-hydrogen) atoms. The van der Waals surface area contributed by atoms with Gasteiger partial charge in [-0.15, -0.1) is 0 Å². The van der Waals surface area contributed by atoms with Crippen LogP contribution < -0.4 is 0 Å². The first kappa shape index (κ1) is 13.1. The molecule has 5 heteroatoms. The highest BCUT2D eigenvalue weighted by Gasteiger charge is 2.16. The van der Waals surface area contributed by atoms with Crippen molar-refractivity contribution in [3.05, 3.63) is 30.1 Å². The highest BCUT2D eigenvalue weighted by atomic mass is 32.2. The number of hydrogen-bond donors (Lipinski definition) is 0. The van der Waals surface area contributed by atoms with Crippen molar-refractivity contribution in [2.45, 2.75) is 26.3 Å². The first-order chi connectivity index (χ1) is 7.56. The number of unbranched alkanes of at least 4 members (excludes halogenated alkanes) is 1. The smallest absolute Gasteiger partial charge is 0.214 e. The third-order valence-electron chi connectivity index (χ3n) is 2.39. The lowest BCUT2D eigenvalue weighted by atomic mass is 10.3. The van der Waals surface area contributed by atoms with Crippen LogP contribution in [0, 0.1) is 0 Å². The van der Waals surface area contributed by atoms with E-state index in [9.17, 15) is 8.42 Å². The molecular formula is C11H18N2O2S. The van der Waals surface area contributed by atoms with Gasteiger partial charge in [-0.1, -0.05) is 13.3 Å². The molecule has 0 saturated carbocycles. The summed E-state index contributed by atoms with van der Waals surface area (Å²) in [7, 11) is -1.49. The Balaban J connectivity index is 2.61. The van der Waals surface area contributed by atoms with Gasteiger partial charge in [-0.05, 0) is 24.1 Å². The summed E-state index contributed by atoms with van der Waals surface area (Å²) in [5, 5.41) is 0. The summed E-state index contributed by atoms with van der Waals surface area (Å²) in [5.74, 6) is 0.227. The molecule has 4 nitrogen and oxygen atoms in total. The lowest BCUT2D eigenvalue weighted by molar-refractivity contribution is 0.465. The average molecular weight is 242 g/mol. The van der Waals surface area contributed by atoms with E-state index in [1.165, 1.54) is 4.31 Å². The number of nitrogens with zero attached hydrogens (tertiary/aromatic N) is 2. The monoisotopic (exact) mass is 242 g/mol. The molecule has 0 N–H and O–H groups in total. The molecule has 0 aromatic carbocycles. The topological polar surface area (TPSA) is 50.3 Å². The summed E-state index contributed by atoms with van der Waals surface area (Å²) in [6.45, 7) is 2.40. The van der Waals surface area contributed by atoms with E-state index in [-0.39, 0.29) is 5.75 Å². The quantitative estimate of drug-likeness (QED) is 0.762. The molecule has 1 aromatic rings. The Kier molecular flexibility index (Phi) is 4.89. The maximum absolute atomic E-state index is 11.8. The second kappa shape index (κ2) is 5.96. The molecule has 0 atom stereocenters. The molecule has 1 rings (SSSR count). The first-order valence-corrected chi connectivity index (χ1v) is 7.00. The maximum Gasteiger partial charge on any atom is 0.214 e. The van der Waals surface area contributed by atoms with Crippen molar-refractivity contribution in [3.8, 4) is 0 Å². The number of sulfonamides is 1. The lowest BCUT2D eigenvalue weighted by Gasteiger charge is -2.16. The number of rotatable bonds is 6. The molecule has 0 fully saturated rings. The predicted molar refractivity (Wildman–Crippen MR) is 64.4 cm³/mol. The summed E-state index contributed by atoms with van der Waals surface area (Å²) in [6, 6.07) is 3.65. The van der Waals surface area contributed by atoms with Crippen molar-refractivity contribution in [3.63, 3.8) is 0 Å². The molecule has 0 aliphatic rings. The minimum absolute atomic E-state index is 0.227. The summed E-state index contributed by atoms with van der Waals surface area (Å²) in [6.07, 6.45) is 4.94. The van der Waals surface area contributed by atoms with Crippen LogP contribution in [0.1, 0.15) is 25.3 Å². The van der Waals surface area contributed by atoms with E-state index < -0.39 is 10.0 Å². The Hall–Kier alpha value is -0.940. The van der Waals surface area contributed by atoms with Crippen LogP contribution in [-0.2, 0) is 16.6 Å². The van der Waals surface area contributed by atoms with Crippen LogP contribution in [0.25, 0.3) is 0 Å². The van der Waals surface area contributed by atoms with Crippen molar-refractivity contribution in [1.29, 1.82) is 0 Å². The molecule has 1 heterocycles. The highest BCUT2D eigenvalue weighted by Crippen LogP contribution is 2.08. The second-order valence-corrected chi connectivity index (χ2v) is 5.98. The molecule has 0 aliphatic heterocycles. The number of hydrogen-bond acceptors (Lipinski definition) is 3. The summed E-state index contributed by atoms with van der Waals surface area (Å²) < 4.78 is 25.0. The number of pyridine rings is 1. The molecule has 90 valence electrons. The summed E-state index contributed by atoms with van der Waals surface area (Å²) in [5.41, 5.74) is 0.956. The molecule has 0 radical (unpaired) electrons. The van der Waals surface area contributed by atoms with E-state index >= 15 is 0 Å². The van der Waals surface area contributed by atoms with E-state index in [2.05, 4.69) is 4.98 Å². The Morgan fingerprint density at radius 1 is 1.31 bits per heavy atom.